The molecule has 0 radical (unpaired) electrons. The molecule has 2 aliphatic carbocycles. The van der Waals surface area contributed by atoms with Crippen LogP contribution in [0.2, 0.25) is 0 Å². The number of fused-ring (bicyclic) bond motifs is 8. The van der Waals surface area contributed by atoms with Gasteiger partial charge in [0.15, 0.2) is 0 Å². The molecule has 0 N–H and O–H groups in total. The lowest BCUT2D eigenvalue weighted by Gasteiger charge is -2.47. The zero-order valence-corrected chi connectivity index (χ0v) is 49.3. The van der Waals surface area contributed by atoms with E-state index < -0.39 is 0 Å². The maximum atomic E-state index is 7.69. The predicted octanol–water partition coefficient (Wildman–Crippen LogP) is 18.9. The number of rotatable bonds is 6. The molecule has 0 bridgehead atoms. The minimum absolute atomic E-state index is 0.00151. The molecule has 0 unspecified atom stereocenters. The standard InChI is InChI=1S/C74H78BN3O/c1-69(2,3)48-30-34-61(54(40-48)47-24-18-15-19-25-47)78-64-44-53(76(50-26-20-16-21-27-50)51-28-22-17-23-29-51)43-63-66(64)75(68-67(78)55-41-49(70(4,5)6)31-35-65(55)79-68)60-45-58-59(74(13,14)39-38-73(58,11)12)46-62(60)77(63)52-32-33-56-57(42-52)72(9,10)37-36-71(56,7)8/h15-35,40-46H,36-39H2,1-14H3. The smallest absolute Gasteiger partial charge is 0.297 e. The molecule has 4 aliphatic rings. The first-order valence-electron chi connectivity index (χ1n) is 29.2. The first kappa shape index (κ1) is 51.2. The Hall–Kier alpha value is -7.24. The Bertz CT molecular complexity index is 3850. The van der Waals surface area contributed by atoms with Crippen LogP contribution in [-0.2, 0) is 32.5 Å². The maximum Gasteiger partial charge on any atom is 0.297 e. The van der Waals surface area contributed by atoms with Crippen LogP contribution >= 0.6 is 0 Å². The zero-order chi connectivity index (χ0) is 55.3. The van der Waals surface area contributed by atoms with Gasteiger partial charge < -0.3 is 19.1 Å². The van der Waals surface area contributed by atoms with E-state index in [1.807, 2.05) is 0 Å². The van der Waals surface area contributed by atoms with Gasteiger partial charge in [0.2, 0.25) is 0 Å². The molecular weight excluding hydrogens is 958 g/mol. The van der Waals surface area contributed by atoms with E-state index in [0.29, 0.717) is 0 Å². The fourth-order valence-corrected chi connectivity index (χ4v) is 14.0. The third kappa shape index (κ3) is 8.22. The fraction of sp³-hybridized carbons (Fsp3) is 0.324. The van der Waals surface area contributed by atoms with Gasteiger partial charge in [0.05, 0.1) is 22.7 Å². The quantitative estimate of drug-likeness (QED) is 0.155. The van der Waals surface area contributed by atoms with Crippen molar-refractivity contribution in [1.82, 2.24) is 0 Å². The lowest BCUT2D eigenvalue weighted by Crippen LogP contribution is -2.61. The van der Waals surface area contributed by atoms with Crippen LogP contribution in [0.1, 0.15) is 156 Å². The van der Waals surface area contributed by atoms with E-state index in [0.717, 1.165) is 76.4 Å². The minimum Gasteiger partial charge on any atom is -0.468 e. The molecule has 0 fully saturated rings. The number of nitrogens with zero attached hydrogens (tertiary/aromatic N) is 3. The van der Waals surface area contributed by atoms with Gasteiger partial charge in [-0.2, -0.15) is 0 Å². The second kappa shape index (κ2) is 17.6. The maximum absolute atomic E-state index is 7.69. The summed E-state index contributed by atoms with van der Waals surface area (Å²) in [7, 11) is 0. The van der Waals surface area contributed by atoms with Crippen LogP contribution in [0.15, 0.2) is 174 Å². The van der Waals surface area contributed by atoms with Gasteiger partial charge in [0.1, 0.15) is 5.58 Å². The molecule has 1 aromatic heterocycles. The summed E-state index contributed by atoms with van der Waals surface area (Å²) in [5.74, 6) is 0. The highest BCUT2D eigenvalue weighted by atomic mass is 16.3. The molecular formula is C74H78BN3O. The Labute approximate surface area is 471 Å². The Balaban J connectivity index is 1.23. The van der Waals surface area contributed by atoms with Gasteiger partial charge in [0, 0.05) is 45.1 Å². The van der Waals surface area contributed by atoms with Crippen LogP contribution in [0.4, 0.5) is 51.2 Å². The monoisotopic (exact) mass is 1040 g/mol. The summed E-state index contributed by atoms with van der Waals surface area (Å²) in [5.41, 5.74) is 25.3. The van der Waals surface area contributed by atoms with Crippen LogP contribution < -0.4 is 31.3 Å². The van der Waals surface area contributed by atoms with Crippen molar-refractivity contribution in [2.24, 2.45) is 0 Å². The SMILES string of the molecule is CC(C)(C)c1ccc(N2c3cc(N(c4ccccc4)c4ccccc4)cc4c3B(c3cc5c(cc3N4c3ccc4c(c3)C(C)(C)CCC4(C)C)C(C)(C)CCC5(C)C)c3oc4ccc(C(C)(C)C)cc4c32)c(-c2ccccc2)c1. The predicted molar refractivity (Wildman–Crippen MR) is 338 cm³/mol. The van der Waals surface area contributed by atoms with Gasteiger partial charge in [-0.15, -0.1) is 0 Å². The Morgan fingerprint density at radius 2 is 0.949 bits per heavy atom. The second-order valence-corrected chi connectivity index (χ2v) is 28.4. The molecule has 0 amide bonds. The van der Waals surface area contributed by atoms with Gasteiger partial charge in [0.25, 0.3) is 6.71 Å². The molecule has 13 rings (SSSR count). The van der Waals surface area contributed by atoms with Crippen LogP contribution in [0.5, 0.6) is 0 Å². The highest BCUT2D eigenvalue weighted by Crippen LogP contribution is 2.56. The largest absolute Gasteiger partial charge is 0.468 e. The molecule has 5 heteroatoms. The van der Waals surface area contributed by atoms with Gasteiger partial charge in [-0.25, -0.2) is 0 Å². The van der Waals surface area contributed by atoms with Crippen molar-refractivity contribution in [3.63, 3.8) is 0 Å². The van der Waals surface area contributed by atoms with Crippen LogP contribution in [0.25, 0.3) is 22.1 Å². The van der Waals surface area contributed by atoms with Crippen molar-refractivity contribution in [3.05, 3.63) is 203 Å². The number of para-hydroxylation sites is 2. The third-order valence-corrected chi connectivity index (χ3v) is 19.1. The molecule has 79 heavy (non-hydrogen) atoms. The molecule has 2 aliphatic heterocycles. The number of hydrogen-bond acceptors (Lipinski definition) is 4. The van der Waals surface area contributed by atoms with E-state index in [9.17, 15) is 0 Å². The van der Waals surface area contributed by atoms with Crippen molar-refractivity contribution in [2.45, 2.75) is 155 Å². The van der Waals surface area contributed by atoms with Crippen LogP contribution in [0, 0.1) is 0 Å². The molecule has 8 aromatic carbocycles. The summed E-state index contributed by atoms with van der Waals surface area (Å²) in [5, 5.41) is 1.13. The fourth-order valence-electron chi connectivity index (χ4n) is 14.0. The summed E-state index contributed by atoms with van der Waals surface area (Å²) in [6, 6.07) is 65.1. The first-order valence-corrected chi connectivity index (χ1v) is 29.2. The van der Waals surface area contributed by atoms with Gasteiger partial charge in [-0.3, -0.25) is 0 Å². The molecule has 398 valence electrons. The highest BCUT2D eigenvalue weighted by Gasteiger charge is 2.50. The molecule has 4 nitrogen and oxygen atoms in total. The van der Waals surface area contributed by atoms with E-state index in [1.54, 1.807) is 0 Å². The number of furan rings is 1. The molecule has 0 atom stereocenters. The van der Waals surface area contributed by atoms with Crippen molar-refractivity contribution in [3.8, 4) is 11.1 Å². The molecule has 0 saturated carbocycles. The molecule has 0 saturated heterocycles. The van der Waals surface area contributed by atoms with Gasteiger partial charge in [-0.05, 0) is 187 Å². The lowest BCUT2D eigenvalue weighted by molar-refractivity contribution is 0.332. The van der Waals surface area contributed by atoms with Crippen LogP contribution in [-0.4, -0.2) is 6.71 Å². The summed E-state index contributed by atoms with van der Waals surface area (Å²) in [6.07, 6.45) is 4.55. The van der Waals surface area contributed by atoms with Crippen molar-refractivity contribution in [1.29, 1.82) is 0 Å². The summed E-state index contributed by atoms with van der Waals surface area (Å²) >= 11 is 0. The van der Waals surface area contributed by atoms with E-state index in [1.165, 1.54) is 72.5 Å². The van der Waals surface area contributed by atoms with E-state index in [2.05, 4.69) is 281 Å². The highest BCUT2D eigenvalue weighted by molar-refractivity contribution is 7.00. The van der Waals surface area contributed by atoms with Crippen LogP contribution in [0.3, 0.4) is 0 Å². The van der Waals surface area contributed by atoms with Crippen molar-refractivity contribution >= 4 is 85.5 Å². The van der Waals surface area contributed by atoms with E-state index in [-0.39, 0.29) is 39.2 Å². The average molecular weight is 1040 g/mol. The zero-order valence-electron chi connectivity index (χ0n) is 49.3. The van der Waals surface area contributed by atoms with E-state index >= 15 is 0 Å². The van der Waals surface area contributed by atoms with Crippen molar-refractivity contribution in [2.75, 3.05) is 14.7 Å². The second-order valence-electron chi connectivity index (χ2n) is 28.4. The lowest BCUT2D eigenvalue weighted by atomic mass is 9.35. The average Bonchev–Trinajstić information content (AvgIpc) is 4.08. The third-order valence-electron chi connectivity index (χ3n) is 19.1. The van der Waals surface area contributed by atoms with Gasteiger partial charge in [-0.1, -0.05) is 188 Å². The van der Waals surface area contributed by atoms with E-state index in [4.69, 9.17) is 4.42 Å². The van der Waals surface area contributed by atoms with Gasteiger partial charge >= 0.3 is 0 Å². The Morgan fingerprint density at radius 3 is 1.53 bits per heavy atom. The molecule has 3 heterocycles. The summed E-state index contributed by atoms with van der Waals surface area (Å²) < 4.78 is 7.69. The minimum atomic E-state index is -0.225. The first-order chi connectivity index (χ1) is 37.4. The summed E-state index contributed by atoms with van der Waals surface area (Å²) in [4.78, 5) is 7.78. The molecule has 0 spiro atoms. The Morgan fingerprint density at radius 1 is 0.443 bits per heavy atom. The summed E-state index contributed by atoms with van der Waals surface area (Å²) in [6.45, 7) is 33.5. The molecule has 9 aromatic rings. The Kier molecular flexibility index (Phi) is 11.4. The number of hydrogen-bond donors (Lipinski definition) is 0. The number of benzene rings is 8. The van der Waals surface area contributed by atoms with Crippen molar-refractivity contribution < 1.29 is 4.42 Å². The topological polar surface area (TPSA) is 22.9 Å². The number of anilines is 9. The normalized spacial score (nSPS) is 17.4.